The molecule has 2 aromatic carbocycles. The molecule has 0 amide bonds. The van der Waals surface area contributed by atoms with E-state index in [2.05, 4.69) is 0 Å². The number of ether oxygens (including phenoxy) is 1. The normalized spacial score (nSPS) is 25.4. The van der Waals surface area contributed by atoms with Crippen molar-refractivity contribution < 1.29 is 23.1 Å². The van der Waals surface area contributed by atoms with Gasteiger partial charge in [0.1, 0.15) is 16.5 Å². The molecule has 0 heterocycles. The Balaban J connectivity index is 2.03. The number of carbonyl (C=O) groups is 1. The van der Waals surface area contributed by atoms with Gasteiger partial charge in [-0.25, -0.2) is 8.42 Å². The summed E-state index contributed by atoms with van der Waals surface area (Å²) in [6.07, 6.45) is 0. The van der Waals surface area contributed by atoms with Gasteiger partial charge in [0.2, 0.25) is 0 Å². The van der Waals surface area contributed by atoms with Crippen LogP contribution in [0.25, 0.3) is 0 Å². The average Bonchev–Trinajstić information content (AvgIpc) is 3.24. The molecule has 0 aliphatic heterocycles. The van der Waals surface area contributed by atoms with Crippen LogP contribution in [0.5, 0.6) is 5.75 Å². The number of hydrogen-bond acceptors (Lipinski definition) is 5. The van der Waals surface area contributed by atoms with Crippen molar-refractivity contribution in [2.45, 2.75) is 21.6 Å². The van der Waals surface area contributed by atoms with Gasteiger partial charge in [-0.05, 0) is 42.0 Å². The van der Waals surface area contributed by atoms with Gasteiger partial charge in [-0.3, -0.25) is 4.79 Å². The van der Waals surface area contributed by atoms with E-state index >= 15 is 0 Å². The van der Waals surface area contributed by atoms with Gasteiger partial charge in [0.25, 0.3) is 0 Å². The van der Waals surface area contributed by atoms with Crippen LogP contribution in [-0.2, 0) is 14.6 Å². The van der Waals surface area contributed by atoms with E-state index in [0.29, 0.717) is 16.3 Å². The maximum Gasteiger partial charge on any atom is 0.325 e. The van der Waals surface area contributed by atoms with Gasteiger partial charge >= 0.3 is 5.97 Å². The van der Waals surface area contributed by atoms with Crippen molar-refractivity contribution >= 4 is 27.4 Å². The van der Waals surface area contributed by atoms with Gasteiger partial charge in [-0.1, -0.05) is 23.7 Å². The first-order valence-electron chi connectivity index (χ1n) is 7.38. The summed E-state index contributed by atoms with van der Waals surface area (Å²) in [5.41, 5.74) is 4.65. The summed E-state index contributed by atoms with van der Waals surface area (Å²) in [6, 6.07) is 12.1. The molecular weight excluding hydrogens is 366 g/mol. The lowest BCUT2D eigenvalue weighted by atomic mass is 10.1. The fourth-order valence-corrected chi connectivity index (χ4v) is 5.46. The van der Waals surface area contributed by atoms with Crippen molar-refractivity contribution in [1.29, 1.82) is 0 Å². The number of nitrogens with two attached hydrogens (primary N) is 1. The zero-order valence-electron chi connectivity index (χ0n) is 13.2. The van der Waals surface area contributed by atoms with E-state index in [1.165, 1.54) is 31.4 Å². The minimum absolute atomic E-state index is 0.00557. The van der Waals surface area contributed by atoms with Crippen LogP contribution in [0.15, 0.2) is 53.4 Å². The maximum absolute atomic E-state index is 12.9. The number of hydrogen-bond donors (Lipinski definition) is 2. The van der Waals surface area contributed by atoms with E-state index in [1.807, 2.05) is 0 Å². The molecule has 0 radical (unpaired) electrons. The molecule has 132 valence electrons. The van der Waals surface area contributed by atoms with Crippen LogP contribution in [-0.4, -0.2) is 37.4 Å². The number of carboxylic acid groups (broad SMARTS) is 1. The SMILES string of the molecule is COc1ccc([C@@H]2[C@H](S(=O)(=O)c3ccc(Cl)cc3)[C@]2(N)C(=O)O)cc1. The Bertz CT molecular complexity index is 911. The van der Waals surface area contributed by atoms with E-state index in [4.69, 9.17) is 22.1 Å². The number of sulfone groups is 1. The molecular formula is C17H16ClNO5S. The molecule has 1 aliphatic carbocycles. The molecule has 6 nitrogen and oxygen atoms in total. The molecule has 3 rings (SSSR count). The predicted molar refractivity (Wildman–Crippen MR) is 92.7 cm³/mol. The van der Waals surface area contributed by atoms with E-state index in [0.717, 1.165) is 0 Å². The first-order chi connectivity index (χ1) is 11.7. The molecule has 3 N–H and O–H groups in total. The zero-order valence-corrected chi connectivity index (χ0v) is 14.8. The van der Waals surface area contributed by atoms with Gasteiger partial charge in [0.05, 0.1) is 12.0 Å². The Morgan fingerprint density at radius 2 is 1.72 bits per heavy atom. The summed E-state index contributed by atoms with van der Waals surface area (Å²) in [7, 11) is -2.44. The van der Waals surface area contributed by atoms with Crippen molar-refractivity contribution in [1.82, 2.24) is 0 Å². The van der Waals surface area contributed by atoms with Crippen molar-refractivity contribution in [3.8, 4) is 5.75 Å². The smallest absolute Gasteiger partial charge is 0.325 e. The van der Waals surface area contributed by atoms with E-state index < -0.39 is 32.5 Å². The number of carboxylic acids is 1. The van der Waals surface area contributed by atoms with Gasteiger partial charge in [0, 0.05) is 10.9 Å². The molecule has 0 spiro atoms. The lowest BCUT2D eigenvalue weighted by molar-refractivity contribution is -0.139. The second kappa shape index (κ2) is 6.01. The van der Waals surface area contributed by atoms with E-state index in [-0.39, 0.29) is 4.90 Å². The highest BCUT2D eigenvalue weighted by Gasteiger charge is 2.74. The number of halogens is 1. The fraction of sp³-hybridized carbons (Fsp3) is 0.235. The van der Waals surface area contributed by atoms with Crippen molar-refractivity contribution in [2.75, 3.05) is 7.11 Å². The van der Waals surface area contributed by atoms with Gasteiger partial charge in [0.15, 0.2) is 9.84 Å². The minimum atomic E-state index is -3.94. The van der Waals surface area contributed by atoms with Gasteiger partial charge in [-0.2, -0.15) is 0 Å². The Morgan fingerprint density at radius 1 is 1.16 bits per heavy atom. The second-order valence-electron chi connectivity index (χ2n) is 5.91. The first kappa shape index (κ1) is 17.7. The second-order valence-corrected chi connectivity index (χ2v) is 8.41. The summed E-state index contributed by atoms with van der Waals surface area (Å²) >= 11 is 5.79. The van der Waals surface area contributed by atoms with Gasteiger partial charge in [-0.15, -0.1) is 0 Å². The van der Waals surface area contributed by atoms with Gasteiger partial charge < -0.3 is 15.6 Å². The zero-order chi connectivity index (χ0) is 18.4. The molecule has 1 saturated carbocycles. The van der Waals surface area contributed by atoms with E-state index in [9.17, 15) is 18.3 Å². The number of methoxy groups -OCH3 is 1. The molecule has 0 unspecified atom stereocenters. The predicted octanol–water partition coefficient (Wildman–Crippen LogP) is 2.07. The first-order valence-corrected chi connectivity index (χ1v) is 9.31. The molecule has 1 aliphatic rings. The minimum Gasteiger partial charge on any atom is -0.497 e. The van der Waals surface area contributed by atoms with Crippen LogP contribution in [0.3, 0.4) is 0 Å². The molecule has 3 atom stereocenters. The highest BCUT2D eigenvalue weighted by Crippen LogP contribution is 2.56. The average molecular weight is 382 g/mol. The van der Waals surface area contributed by atoms with Crippen LogP contribution >= 0.6 is 11.6 Å². The summed E-state index contributed by atoms with van der Waals surface area (Å²) in [4.78, 5) is 11.7. The Labute approximate surface area is 150 Å². The van der Waals surface area contributed by atoms with Crippen LogP contribution in [0.4, 0.5) is 0 Å². The summed E-state index contributed by atoms with van der Waals surface area (Å²) in [5, 5.41) is 8.66. The fourth-order valence-electron chi connectivity index (χ4n) is 3.10. The Kier molecular flexibility index (Phi) is 4.26. The lowest BCUT2D eigenvalue weighted by Crippen LogP contribution is -2.39. The molecule has 25 heavy (non-hydrogen) atoms. The quantitative estimate of drug-likeness (QED) is 0.821. The third-order valence-electron chi connectivity index (χ3n) is 4.50. The van der Waals surface area contributed by atoms with Crippen LogP contribution in [0.1, 0.15) is 11.5 Å². The van der Waals surface area contributed by atoms with Crippen molar-refractivity contribution in [2.24, 2.45) is 5.73 Å². The number of rotatable bonds is 5. The molecule has 0 saturated heterocycles. The topological polar surface area (TPSA) is 107 Å². The number of benzene rings is 2. The molecule has 0 bridgehead atoms. The summed E-state index contributed by atoms with van der Waals surface area (Å²) in [6.45, 7) is 0. The van der Waals surface area contributed by atoms with Crippen LogP contribution in [0.2, 0.25) is 5.02 Å². The molecule has 8 heteroatoms. The highest BCUT2D eigenvalue weighted by atomic mass is 35.5. The largest absolute Gasteiger partial charge is 0.497 e. The summed E-state index contributed by atoms with van der Waals surface area (Å²) < 4.78 is 30.9. The monoisotopic (exact) mass is 381 g/mol. The van der Waals surface area contributed by atoms with Crippen molar-refractivity contribution in [3.63, 3.8) is 0 Å². The number of aliphatic carboxylic acids is 1. The summed E-state index contributed by atoms with van der Waals surface area (Å²) in [5.74, 6) is -1.62. The van der Waals surface area contributed by atoms with Crippen LogP contribution < -0.4 is 10.5 Å². The van der Waals surface area contributed by atoms with Crippen molar-refractivity contribution in [3.05, 3.63) is 59.1 Å². The van der Waals surface area contributed by atoms with E-state index in [1.54, 1.807) is 24.3 Å². The standard InChI is InChI=1S/C17H16ClNO5S/c1-24-12-6-2-10(3-7-12)14-15(17(14,19)16(20)21)25(22,23)13-8-4-11(18)5-9-13/h2-9,14-15H,19H2,1H3,(H,20,21)/t14-,15+,17+/m1/s1. The third kappa shape index (κ3) is 2.78. The Morgan fingerprint density at radius 3 is 2.20 bits per heavy atom. The molecule has 1 fully saturated rings. The third-order valence-corrected chi connectivity index (χ3v) is 7.01. The maximum atomic E-state index is 12.9. The lowest BCUT2D eigenvalue weighted by Gasteiger charge is -2.07. The molecule has 0 aromatic heterocycles. The Hall–Kier alpha value is -2.09. The highest BCUT2D eigenvalue weighted by molar-refractivity contribution is 7.92. The van der Waals surface area contributed by atoms with Crippen LogP contribution in [0, 0.1) is 0 Å². The molecule has 2 aromatic rings.